The Morgan fingerprint density at radius 3 is 2.57 bits per heavy atom. The summed E-state index contributed by atoms with van der Waals surface area (Å²) in [6.45, 7) is 7.32. The average Bonchev–Trinajstić information content (AvgIpc) is 3.06. The highest BCUT2D eigenvalue weighted by atomic mass is 16.6. The Balaban J connectivity index is 1.68. The van der Waals surface area contributed by atoms with Crippen LogP contribution >= 0.6 is 0 Å². The van der Waals surface area contributed by atoms with Crippen LogP contribution in [0.1, 0.15) is 29.8 Å². The third kappa shape index (κ3) is 3.47. The lowest BCUT2D eigenvalue weighted by molar-refractivity contribution is 0.0716. The number of nitrogens with zero attached hydrogens (tertiary/aromatic N) is 3. The van der Waals surface area contributed by atoms with Crippen molar-refractivity contribution in [2.75, 3.05) is 32.8 Å². The molecule has 0 saturated carbocycles. The van der Waals surface area contributed by atoms with Gasteiger partial charge in [0.15, 0.2) is 0 Å². The molecule has 28 heavy (non-hydrogen) atoms. The molecule has 1 aliphatic heterocycles. The summed E-state index contributed by atoms with van der Waals surface area (Å²) in [6, 6.07) is 12.7. The number of ether oxygens (including phenoxy) is 1. The molecule has 2 aromatic heterocycles. The summed E-state index contributed by atoms with van der Waals surface area (Å²) >= 11 is 0. The molecule has 6 heteroatoms. The Morgan fingerprint density at radius 2 is 1.86 bits per heavy atom. The lowest BCUT2D eigenvalue weighted by Crippen LogP contribution is -2.50. The van der Waals surface area contributed by atoms with Crippen LogP contribution in [0, 0.1) is 6.92 Å². The van der Waals surface area contributed by atoms with Crippen LogP contribution in [0.25, 0.3) is 10.9 Å². The number of nitrogens with one attached hydrogen (secondary N) is 1. The third-order valence-corrected chi connectivity index (χ3v) is 5.44. The van der Waals surface area contributed by atoms with Crippen LogP contribution in [-0.4, -0.2) is 58.6 Å². The van der Waals surface area contributed by atoms with Gasteiger partial charge < -0.3 is 14.6 Å². The number of piperazine rings is 1. The SMILES string of the molecule is CCOC(=O)N1CCN(C(c2ccncc2)c2c(C)[nH]c3ccccc23)CC1. The van der Waals surface area contributed by atoms with E-state index in [1.54, 1.807) is 4.90 Å². The van der Waals surface area contributed by atoms with E-state index in [9.17, 15) is 4.79 Å². The minimum absolute atomic E-state index is 0.114. The van der Waals surface area contributed by atoms with Crippen LogP contribution in [0.5, 0.6) is 0 Å². The Bertz CT molecular complexity index is 946. The highest BCUT2D eigenvalue weighted by Gasteiger charge is 2.31. The molecule has 3 aromatic rings. The zero-order valence-corrected chi connectivity index (χ0v) is 16.4. The second-order valence-corrected chi connectivity index (χ2v) is 7.11. The molecule has 1 N–H and O–H groups in total. The largest absolute Gasteiger partial charge is 0.450 e. The molecule has 1 unspecified atom stereocenters. The van der Waals surface area contributed by atoms with Crippen molar-refractivity contribution in [3.05, 3.63) is 65.6 Å². The monoisotopic (exact) mass is 378 g/mol. The summed E-state index contributed by atoms with van der Waals surface area (Å²) < 4.78 is 5.17. The summed E-state index contributed by atoms with van der Waals surface area (Å²) in [5.74, 6) is 0. The number of fused-ring (bicyclic) bond motifs is 1. The molecular weight excluding hydrogens is 352 g/mol. The van der Waals surface area contributed by atoms with E-state index >= 15 is 0 Å². The summed E-state index contributed by atoms with van der Waals surface area (Å²) in [4.78, 5) is 24.1. The van der Waals surface area contributed by atoms with Crippen molar-refractivity contribution in [2.45, 2.75) is 19.9 Å². The first-order chi connectivity index (χ1) is 13.7. The lowest BCUT2D eigenvalue weighted by atomic mass is 9.94. The Hall–Kier alpha value is -2.86. The number of hydrogen-bond donors (Lipinski definition) is 1. The zero-order chi connectivity index (χ0) is 19.5. The van der Waals surface area contributed by atoms with E-state index in [2.05, 4.69) is 58.2 Å². The van der Waals surface area contributed by atoms with Crippen molar-refractivity contribution < 1.29 is 9.53 Å². The number of carbonyl (C=O) groups is 1. The molecule has 4 rings (SSSR count). The highest BCUT2D eigenvalue weighted by Crippen LogP contribution is 2.36. The van der Waals surface area contributed by atoms with E-state index in [-0.39, 0.29) is 12.1 Å². The number of para-hydroxylation sites is 1. The van der Waals surface area contributed by atoms with E-state index in [0.29, 0.717) is 19.7 Å². The molecule has 0 bridgehead atoms. The Kier molecular flexibility index (Phi) is 5.30. The van der Waals surface area contributed by atoms with Crippen LogP contribution in [0.2, 0.25) is 0 Å². The predicted octanol–water partition coefficient (Wildman–Crippen LogP) is 3.73. The molecule has 1 amide bonds. The zero-order valence-electron chi connectivity index (χ0n) is 16.4. The maximum absolute atomic E-state index is 12.1. The first kappa shape index (κ1) is 18.5. The van der Waals surface area contributed by atoms with E-state index in [1.807, 2.05) is 19.3 Å². The highest BCUT2D eigenvalue weighted by molar-refractivity contribution is 5.85. The third-order valence-electron chi connectivity index (χ3n) is 5.44. The summed E-state index contributed by atoms with van der Waals surface area (Å²) in [6.07, 6.45) is 3.48. The number of aromatic nitrogens is 2. The van der Waals surface area contributed by atoms with Gasteiger partial charge in [0.1, 0.15) is 0 Å². The average molecular weight is 378 g/mol. The molecule has 0 spiro atoms. The molecule has 146 valence electrons. The Labute approximate surface area is 165 Å². The second-order valence-electron chi connectivity index (χ2n) is 7.11. The van der Waals surface area contributed by atoms with Crippen molar-refractivity contribution in [3.8, 4) is 0 Å². The minimum Gasteiger partial charge on any atom is -0.450 e. The molecule has 3 heterocycles. The first-order valence-corrected chi connectivity index (χ1v) is 9.82. The number of benzene rings is 1. The number of H-pyrrole nitrogens is 1. The number of hydrogen-bond acceptors (Lipinski definition) is 4. The van der Waals surface area contributed by atoms with E-state index in [4.69, 9.17) is 4.74 Å². The Morgan fingerprint density at radius 1 is 1.14 bits per heavy atom. The standard InChI is InChI=1S/C22H26N4O2/c1-3-28-22(27)26-14-12-25(13-15-26)21(17-8-10-23-11-9-17)20-16(2)24-19-7-5-4-6-18(19)20/h4-11,21,24H,3,12-15H2,1-2H3. The number of pyridine rings is 1. The van der Waals surface area contributed by atoms with Gasteiger partial charge in [-0.15, -0.1) is 0 Å². The van der Waals surface area contributed by atoms with Crippen molar-refractivity contribution in [1.29, 1.82) is 0 Å². The molecule has 1 fully saturated rings. The van der Waals surface area contributed by atoms with Gasteiger partial charge in [-0.1, -0.05) is 18.2 Å². The van der Waals surface area contributed by atoms with Gasteiger partial charge in [-0.25, -0.2) is 4.79 Å². The fraction of sp³-hybridized carbons (Fsp3) is 0.364. The maximum atomic E-state index is 12.1. The molecule has 0 radical (unpaired) electrons. The topological polar surface area (TPSA) is 61.5 Å². The van der Waals surface area contributed by atoms with Crippen LogP contribution in [0.3, 0.4) is 0 Å². The smallest absolute Gasteiger partial charge is 0.409 e. The molecule has 1 atom stereocenters. The van der Waals surface area contributed by atoms with Crippen LogP contribution in [0.15, 0.2) is 48.8 Å². The van der Waals surface area contributed by atoms with Crippen LogP contribution in [0.4, 0.5) is 4.79 Å². The fourth-order valence-electron chi connectivity index (χ4n) is 4.13. The molecule has 1 saturated heterocycles. The summed E-state index contributed by atoms with van der Waals surface area (Å²) in [7, 11) is 0. The van der Waals surface area contributed by atoms with Gasteiger partial charge >= 0.3 is 6.09 Å². The molecule has 1 aliphatic rings. The van der Waals surface area contributed by atoms with E-state index in [1.165, 1.54) is 22.2 Å². The number of carbonyl (C=O) groups excluding carboxylic acids is 1. The number of aryl methyl sites for hydroxylation is 1. The predicted molar refractivity (Wildman–Crippen MR) is 109 cm³/mol. The van der Waals surface area contributed by atoms with E-state index < -0.39 is 0 Å². The number of aromatic amines is 1. The molecular formula is C22H26N4O2. The molecule has 1 aromatic carbocycles. The van der Waals surface area contributed by atoms with Crippen LogP contribution < -0.4 is 0 Å². The molecule has 6 nitrogen and oxygen atoms in total. The number of amides is 1. The maximum Gasteiger partial charge on any atom is 0.409 e. The van der Waals surface area contributed by atoms with Crippen LogP contribution in [-0.2, 0) is 4.74 Å². The van der Waals surface area contributed by atoms with Gasteiger partial charge in [-0.05, 0) is 37.6 Å². The second kappa shape index (κ2) is 8.02. The van der Waals surface area contributed by atoms with Crippen molar-refractivity contribution >= 4 is 17.0 Å². The summed E-state index contributed by atoms with van der Waals surface area (Å²) in [5, 5.41) is 1.25. The summed E-state index contributed by atoms with van der Waals surface area (Å²) in [5.41, 5.74) is 4.84. The fourth-order valence-corrected chi connectivity index (χ4v) is 4.13. The van der Waals surface area contributed by atoms with Gasteiger partial charge in [-0.3, -0.25) is 9.88 Å². The minimum atomic E-state index is -0.217. The van der Waals surface area contributed by atoms with E-state index in [0.717, 1.165) is 18.6 Å². The lowest BCUT2D eigenvalue weighted by Gasteiger charge is -2.39. The van der Waals surface area contributed by atoms with Gasteiger partial charge in [0, 0.05) is 60.7 Å². The first-order valence-electron chi connectivity index (χ1n) is 9.82. The van der Waals surface area contributed by atoms with Gasteiger partial charge in [0.2, 0.25) is 0 Å². The quantitative estimate of drug-likeness (QED) is 0.751. The van der Waals surface area contributed by atoms with Gasteiger partial charge in [0.05, 0.1) is 12.6 Å². The molecule has 0 aliphatic carbocycles. The van der Waals surface area contributed by atoms with Crippen molar-refractivity contribution in [2.24, 2.45) is 0 Å². The normalized spacial score (nSPS) is 16.3. The van der Waals surface area contributed by atoms with Crippen molar-refractivity contribution in [1.82, 2.24) is 19.8 Å². The van der Waals surface area contributed by atoms with Gasteiger partial charge in [0.25, 0.3) is 0 Å². The van der Waals surface area contributed by atoms with Crippen molar-refractivity contribution in [3.63, 3.8) is 0 Å². The number of rotatable bonds is 4. The van der Waals surface area contributed by atoms with Gasteiger partial charge in [-0.2, -0.15) is 0 Å².